The van der Waals surface area contributed by atoms with Gasteiger partial charge in [0.15, 0.2) is 0 Å². The number of thiazole rings is 1. The molecule has 0 bridgehead atoms. The van der Waals surface area contributed by atoms with Crippen molar-refractivity contribution < 1.29 is 22.9 Å². The number of nitro benzene ring substituents is 1. The molecular formula is C22H21F3N4O3S. The van der Waals surface area contributed by atoms with Gasteiger partial charge in [-0.2, -0.15) is 13.2 Å². The van der Waals surface area contributed by atoms with Gasteiger partial charge < -0.3 is 10.2 Å². The van der Waals surface area contributed by atoms with E-state index in [4.69, 9.17) is 0 Å². The van der Waals surface area contributed by atoms with Crippen LogP contribution in [0.25, 0.3) is 10.6 Å². The average Bonchev–Trinajstić information content (AvgIpc) is 3.28. The first-order chi connectivity index (χ1) is 15.6. The van der Waals surface area contributed by atoms with Gasteiger partial charge in [-0.15, -0.1) is 11.3 Å². The summed E-state index contributed by atoms with van der Waals surface area (Å²) in [5.74, 6) is -0.586. The van der Waals surface area contributed by atoms with Crippen molar-refractivity contribution in [1.82, 2.24) is 10.3 Å². The molecule has 0 unspecified atom stereocenters. The third kappa shape index (κ3) is 5.67. The second kappa shape index (κ2) is 9.99. The number of halogens is 3. The van der Waals surface area contributed by atoms with Crippen LogP contribution in [0.5, 0.6) is 0 Å². The molecule has 0 aliphatic rings. The van der Waals surface area contributed by atoms with Crippen LogP contribution in [0, 0.1) is 10.1 Å². The number of amides is 1. The lowest BCUT2D eigenvalue weighted by Gasteiger charge is -2.21. The molecule has 1 N–H and O–H groups in total. The Morgan fingerprint density at radius 2 is 1.91 bits per heavy atom. The summed E-state index contributed by atoms with van der Waals surface area (Å²) in [4.78, 5) is 29.8. The van der Waals surface area contributed by atoms with Crippen molar-refractivity contribution in [3.63, 3.8) is 0 Å². The van der Waals surface area contributed by atoms with Crippen LogP contribution in [0.1, 0.15) is 35.5 Å². The van der Waals surface area contributed by atoms with E-state index in [9.17, 15) is 28.1 Å². The number of nitrogens with zero attached hydrogens (tertiary/aromatic N) is 3. The summed E-state index contributed by atoms with van der Waals surface area (Å²) in [6, 6.07) is 9.43. The summed E-state index contributed by atoms with van der Waals surface area (Å²) in [5, 5.41) is 15.8. The number of hydrogen-bond acceptors (Lipinski definition) is 6. The lowest BCUT2D eigenvalue weighted by atomic mass is 10.1. The van der Waals surface area contributed by atoms with E-state index >= 15 is 0 Å². The fourth-order valence-corrected chi connectivity index (χ4v) is 4.10. The fourth-order valence-electron chi connectivity index (χ4n) is 3.27. The molecule has 1 amide bonds. The summed E-state index contributed by atoms with van der Waals surface area (Å²) >= 11 is 1.08. The van der Waals surface area contributed by atoms with Crippen LogP contribution < -0.4 is 10.2 Å². The van der Waals surface area contributed by atoms with Crippen LogP contribution >= 0.6 is 11.3 Å². The highest BCUT2D eigenvalue weighted by Gasteiger charge is 2.30. The Balaban J connectivity index is 1.81. The molecule has 2 aromatic carbocycles. The van der Waals surface area contributed by atoms with E-state index in [0.717, 1.165) is 42.2 Å². The maximum atomic E-state index is 12.9. The van der Waals surface area contributed by atoms with Crippen LogP contribution in [0.2, 0.25) is 0 Å². The first kappa shape index (κ1) is 24.2. The first-order valence-electron chi connectivity index (χ1n) is 10.1. The topological polar surface area (TPSA) is 88.4 Å². The largest absolute Gasteiger partial charge is 0.416 e. The van der Waals surface area contributed by atoms with E-state index in [1.54, 1.807) is 12.1 Å². The first-order valence-corrected chi connectivity index (χ1v) is 11.0. The van der Waals surface area contributed by atoms with Crippen molar-refractivity contribution in [3.8, 4) is 10.6 Å². The van der Waals surface area contributed by atoms with Crippen molar-refractivity contribution in [2.75, 3.05) is 18.0 Å². The van der Waals surface area contributed by atoms with Crippen molar-refractivity contribution in [2.24, 2.45) is 0 Å². The van der Waals surface area contributed by atoms with Crippen molar-refractivity contribution in [3.05, 3.63) is 74.8 Å². The Morgan fingerprint density at radius 3 is 2.55 bits per heavy atom. The van der Waals surface area contributed by atoms with Crippen LogP contribution in [-0.4, -0.2) is 28.9 Å². The Morgan fingerprint density at radius 1 is 1.18 bits per heavy atom. The SMILES string of the molecule is CCN(CC)c1ccc([N+](=O)[O-])c(-c2nc(C(=O)NCc3cccc(C(F)(F)F)c3)cs2)c1. The van der Waals surface area contributed by atoms with Crippen LogP contribution in [0.3, 0.4) is 0 Å². The van der Waals surface area contributed by atoms with E-state index in [2.05, 4.69) is 10.3 Å². The van der Waals surface area contributed by atoms with Crippen LogP contribution in [0.4, 0.5) is 24.5 Å². The molecule has 11 heteroatoms. The number of aromatic nitrogens is 1. The van der Waals surface area contributed by atoms with Gasteiger partial charge in [0.1, 0.15) is 10.7 Å². The lowest BCUT2D eigenvalue weighted by Crippen LogP contribution is -2.23. The Bertz CT molecular complexity index is 1160. The van der Waals surface area contributed by atoms with Gasteiger partial charge in [0, 0.05) is 36.8 Å². The quantitative estimate of drug-likeness (QED) is 0.341. The molecule has 1 aromatic heterocycles. The highest BCUT2D eigenvalue weighted by molar-refractivity contribution is 7.13. The minimum Gasteiger partial charge on any atom is -0.372 e. The third-order valence-corrected chi connectivity index (χ3v) is 5.86. The lowest BCUT2D eigenvalue weighted by molar-refractivity contribution is -0.384. The average molecular weight is 478 g/mol. The Hall–Kier alpha value is -3.47. The van der Waals surface area contributed by atoms with Gasteiger partial charge in [-0.05, 0) is 43.7 Å². The van der Waals surface area contributed by atoms with E-state index in [-0.39, 0.29) is 23.5 Å². The normalized spacial score (nSPS) is 11.3. The fraction of sp³-hybridized carbons (Fsp3) is 0.273. The van der Waals surface area contributed by atoms with Gasteiger partial charge >= 0.3 is 6.18 Å². The third-order valence-electron chi connectivity index (χ3n) is 4.98. The number of carbonyl (C=O) groups is 1. The highest BCUT2D eigenvalue weighted by atomic mass is 32.1. The summed E-state index contributed by atoms with van der Waals surface area (Å²) in [7, 11) is 0. The zero-order chi connectivity index (χ0) is 24.2. The summed E-state index contributed by atoms with van der Waals surface area (Å²) in [5.41, 5.74) is 0.486. The number of rotatable bonds is 8. The van der Waals surface area contributed by atoms with E-state index < -0.39 is 22.6 Å². The van der Waals surface area contributed by atoms with Gasteiger partial charge in [0.25, 0.3) is 11.6 Å². The zero-order valence-corrected chi connectivity index (χ0v) is 18.7. The van der Waals surface area contributed by atoms with Gasteiger partial charge in [-0.25, -0.2) is 4.98 Å². The van der Waals surface area contributed by atoms with Gasteiger partial charge in [-0.1, -0.05) is 12.1 Å². The van der Waals surface area contributed by atoms with Crippen molar-refractivity contribution in [1.29, 1.82) is 0 Å². The minimum absolute atomic E-state index is 0.0320. The minimum atomic E-state index is -4.47. The molecular weight excluding hydrogens is 457 g/mol. The summed E-state index contributed by atoms with van der Waals surface area (Å²) < 4.78 is 38.6. The predicted molar refractivity (Wildman–Crippen MR) is 120 cm³/mol. The van der Waals surface area contributed by atoms with Gasteiger partial charge in [0.2, 0.25) is 0 Å². The number of nitrogens with one attached hydrogen (secondary N) is 1. The van der Waals surface area contributed by atoms with Crippen LogP contribution in [0.15, 0.2) is 47.8 Å². The number of benzene rings is 2. The molecule has 3 rings (SSSR count). The molecule has 33 heavy (non-hydrogen) atoms. The number of carbonyl (C=O) groups excluding carboxylic acids is 1. The van der Waals surface area contributed by atoms with Crippen molar-refractivity contribution in [2.45, 2.75) is 26.6 Å². The maximum absolute atomic E-state index is 12.9. The molecule has 7 nitrogen and oxygen atoms in total. The predicted octanol–water partition coefficient (Wildman–Crippen LogP) is 5.51. The molecule has 0 spiro atoms. The smallest absolute Gasteiger partial charge is 0.372 e. The van der Waals surface area contributed by atoms with E-state index in [1.807, 2.05) is 18.7 Å². The molecule has 0 fully saturated rings. The Kier molecular flexibility index (Phi) is 7.32. The summed E-state index contributed by atoms with van der Waals surface area (Å²) in [6.07, 6.45) is -4.47. The summed E-state index contributed by atoms with van der Waals surface area (Å²) in [6.45, 7) is 5.26. The van der Waals surface area contributed by atoms with Crippen LogP contribution in [-0.2, 0) is 12.7 Å². The number of anilines is 1. The molecule has 0 radical (unpaired) electrons. The van der Waals surface area contributed by atoms with E-state index in [0.29, 0.717) is 10.6 Å². The molecule has 0 aliphatic heterocycles. The zero-order valence-electron chi connectivity index (χ0n) is 17.8. The number of hydrogen-bond donors (Lipinski definition) is 1. The Labute approximate surface area is 192 Å². The molecule has 174 valence electrons. The monoisotopic (exact) mass is 478 g/mol. The van der Waals surface area contributed by atoms with Crippen molar-refractivity contribution >= 4 is 28.6 Å². The molecule has 0 saturated carbocycles. The second-order valence-corrected chi connectivity index (χ2v) is 7.91. The van der Waals surface area contributed by atoms with E-state index in [1.165, 1.54) is 23.6 Å². The van der Waals surface area contributed by atoms with Gasteiger partial charge in [0.05, 0.1) is 16.1 Å². The molecule has 3 aromatic rings. The highest BCUT2D eigenvalue weighted by Crippen LogP contribution is 2.35. The standard InChI is InChI=1S/C22H21F3N4O3S/c1-3-28(4-2)16-8-9-19(29(31)32)17(11-16)21-27-18(13-33-21)20(30)26-12-14-6-5-7-15(10-14)22(23,24)25/h5-11,13H,3-4,12H2,1-2H3,(H,26,30). The molecule has 1 heterocycles. The van der Waals surface area contributed by atoms with Gasteiger partial charge in [-0.3, -0.25) is 14.9 Å². The molecule has 0 aliphatic carbocycles. The molecule has 0 saturated heterocycles. The number of nitro groups is 1. The number of alkyl halides is 3. The molecule has 0 atom stereocenters. The maximum Gasteiger partial charge on any atom is 0.416 e. The second-order valence-electron chi connectivity index (χ2n) is 7.05.